The summed E-state index contributed by atoms with van der Waals surface area (Å²) in [6.45, 7) is 13.0. The first kappa shape index (κ1) is 20.2. The second kappa shape index (κ2) is 9.00. The van der Waals surface area contributed by atoms with Gasteiger partial charge in [-0.1, -0.05) is 56.8 Å². The van der Waals surface area contributed by atoms with Gasteiger partial charge in [-0.25, -0.2) is 4.39 Å². The molecule has 1 heterocycles. The fourth-order valence-electron chi connectivity index (χ4n) is 3.04. The Bertz CT molecular complexity index is 830. The molecule has 3 heteroatoms. The highest BCUT2D eigenvalue weighted by Crippen LogP contribution is 2.42. The Labute approximate surface area is 164 Å². The first-order valence-corrected chi connectivity index (χ1v) is 9.73. The Morgan fingerprint density at radius 1 is 1.04 bits per heavy atom. The fourth-order valence-corrected chi connectivity index (χ4v) is 3.57. The van der Waals surface area contributed by atoms with E-state index in [0.717, 1.165) is 39.1 Å². The van der Waals surface area contributed by atoms with Gasteiger partial charge in [0.2, 0.25) is 0 Å². The molecular weight excluding hydrogens is 389 g/mol. The quantitative estimate of drug-likeness (QED) is 0.510. The number of benzene rings is 2. The van der Waals surface area contributed by atoms with E-state index in [9.17, 15) is 4.39 Å². The van der Waals surface area contributed by atoms with Crippen LogP contribution in [0.15, 0.2) is 76.9 Å². The normalized spacial score (nSPS) is 14.0. The van der Waals surface area contributed by atoms with Crippen LogP contribution in [-0.2, 0) is 0 Å². The molecule has 26 heavy (non-hydrogen) atoms. The number of halogens is 2. The van der Waals surface area contributed by atoms with E-state index in [1.165, 1.54) is 6.07 Å². The molecule has 0 spiro atoms. The Hall–Kier alpha value is -2.13. The largest absolute Gasteiger partial charge is 0.341 e. The van der Waals surface area contributed by atoms with Gasteiger partial charge in [0, 0.05) is 27.9 Å². The Balaban J connectivity index is 0.00000117. The van der Waals surface area contributed by atoms with E-state index in [4.69, 9.17) is 0 Å². The van der Waals surface area contributed by atoms with Gasteiger partial charge in [0.25, 0.3) is 0 Å². The standard InChI is InChI=1S/C21H19BrFN.C2H6/c1-4-24-15(3)14(2)13-17(16-9-6-5-7-10-16)21(24)20-18(22)11-8-12-19(20)23;1-2/h5-13H,3-4H2,1-2H3;1-2H3. The average Bonchev–Trinajstić information content (AvgIpc) is 2.66. The van der Waals surface area contributed by atoms with Crippen LogP contribution in [0.4, 0.5) is 4.39 Å². The van der Waals surface area contributed by atoms with Crippen LogP contribution in [0, 0.1) is 5.82 Å². The SMILES string of the molecule is C=C1C(C)=CC(c2ccccc2)=C(c2c(F)cccc2Br)N1CC.CC. The lowest BCUT2D eigenvalue weighted by Gasteiger charge is -2.35. The fraction of sp³-hybridized carbons (Fsp3) is 0.217. The highest BCUT2D eigenvalue weighted by molar-refractivity contribution is 9.10. The smallest absolute Gasteiger partial charge is 0.133 e. The molecule has 136 valence electrons. The van der Waals surface area contributed by atoms with Gasteiger partial charge >= 0.3 is 0 Å². The summed E-state index contributed by atoms with van der Waals surface area (Å²) < 4.78 is 15.5. The molecule has 0 aliphatic carbocycles. The predicted molar refractivity (Wildman–Crippen MR) is 114 cm³/mol. The molecule has 0 aromatic heterocycles. The molecule has 0 radical (unpaired) electrons. The minimum absolute atomic E-state index is 0.244. The maximum atomic E-state index is 14.7. The molecule has 2 aromatic rings. The van der Waals surface area contributed by atoms with Crippen LogP contribution < -0.4 is 0 Å². The van der Waals surface area contributed by atoms with Crippen LogP contribution in [0.2, 0.25) is 0 Å². The third-order valence-corrected chi connectivity index (χ3v) is 4.93. The summed E-state index contributed by atoms with van der Waals surface area (Å²) in [5.74, 6) is -0.244. The van der Waals surface area contributed by atoms with Gasteiger partial charge in [0.15, 0.2) is 0 Å². The van der Waals surface area contributed by atoms with E-state index in [0.29, 0.717) is 5.56 Å². The van der Waals surface area contributed by atoms with Crippen molar-refractivity contribution in [2.24, 2.45) is 0 Å². The molecule has 1 nitrogen and oxygen atoms in total. The first-order valence-electron chi connectivity index (χ1n) is 8.93. The summed E-state index contributed by atoms with van der Waals surface area (Å²) in [7, 11) is 0. The predicted octanol–water partition coefficient (Wildman–Crippen LogP) is 7.28. The van der Waals surface area contributed by atoms with Crippen LogP contribution >= 0.6 is 15.9 Å². The number of hydrogen-bond acceptors (Lipinski definition) is 1. The third-order valence-electron chi connectivity index (χ3n) is 4.27. The van der Waals surface area contributed by atoms with Gasteiger partial charge in [-0.2, -0.15) is 0 Å². The molecule has 2 aromatic carbocycles. The van der Waals surface area contributed by atoms with Crippen molar-refractivity contribution in [1.82, 2.24) is 4.90 Å². The van der Waals surface area contributed by atoms with E-state index in [1.54, 1.807) is 6.07 Å². The molecule has 0 saturated heterocycles. The molecule has 0 fully saturated rings. The Morgan fingerprint density at radius 2 is 1.69 bits per heavy atom. The Morgan fingerprint density at radius 3 is 2.27 bits per heavy atom. The highest BCUT2D eigenvalue weighted by atomic mass is 79.9. The van der Waals surface area contributed by atoms with Crippen molar-refractivity contribution in [3.05, 3.63) is 93.9 Å². The monoisotopic (exact) mass is 413 g/mol. The second-order valence-corrected chi connectivity index (χ2v) is 6.60. The van der Waals surface area contributed by atoms with Crippen LogP contribution in [-0.4, -0.2) is 11.4 Å². The summed E-state index contributed by atoms with van der Waals surface area (Å²) in [5.41, 5.74) is 5.49. The summed E-state index contributed by atoms with van der Waals surface area (Å²) in [4.78, 5) is 2.08. The number of nitrogens with zero attached hydrogens (tertiary/aromatic N) is 1. The summed E-state index contributed by atoms with van der Waals surface area (Å²) in [5, 5.41) is 0. The van der Waals surface area contributed by atoms with Gasteiger partial charge in [-0.15, -0.1) is 0 Å². The van der Waals surface area contributed by atoms with Crippen molar-refractivity contribution < 1.29 is 4.39 Å². The lowest BCUT2D eigenvalue weighted by atomic mass is 9.92. The zero-order chi connectivity index (χ0) is 19.3. The Kier molecular flexibility index (Phi) is 6.98. The molecule has 0 amide bonds. The summed E-state index contributed by atoms with van der Waals surface area (Å²) in [6.07, 6.45) is 2.10. The number of likely N-dealkylation sites (N-methyl/N-ethyl adjacent to an activating group) is 1. The van der Waals surface area contributed by atoms with Crippen molar-refractivity contribution in [2.45, 2.75) is 27.7 Å². The van der Waals surface area contributed by atoms with Crippen molar-refractivity contribution in [3.63, 3.8) is 0 Å². The van der Waals surface area contributed by atoms with Crippen LogP contribution in [0.3, 0.4) is 0 Å². The van der Waals surface area contributed by atoms with E-state index in [1.807, 2.05) is 45.0 Å². The van der Waals surface area contributed by atoms with Crippen LogP contribution in [0.1, 0.15) is 38.8 Å². The van der Waals surface area contributed by atoms with Gasteiger partial charge in [0.05, 0.1) is 5.70 Å². The van der Waals surface area contributed by atoms with Gasteiger partial charge in [-0.3, -0.25) is 0 Å². The van der Waals surface area contributed by atoms with Crippen molar-refractivity contribution in [2.75, 3.05) is 6.54 Å². The topological polar surface area (TPSA) is 3.24 Å². The van der Waals surface area contributed by atoms with Gasteiger partial charge in [0.1, 0.15) is 5.82 Å². The minimum atomic E-state index is -0.244. The van der Waals surface area contributed by atoms with Crippen molar-refractivity contribution in [1.29, 1.82) is 0 Å². The maximum absolute atomic E-state index is 14.7. The number of hydrogen-bond donors (Lipinski definition) is 0. The summed E-state index contributed by atoms with van der Waals surface area (Å²) >= 11 is 3.52. The highest BCUT2D eigenvalue weighted by Gasteiger charge is 2.26. The number of allylic oxidation sites excluding steroid dienone is 3. The molecule has 0 N–H and O–H groups in total. The maximum Gasteiger partial charge on any atom is 0.133 e. The molecule has 0 bridgehead atoms. The molecule has 0 unspecified atom stereocenters. The molecule has 0 atom stereocenters. The molecule has 0 saturated carbocycles. The van der Waals surface area contributed by atoms with Gasteiger partial charge < -0.3 is 4.90 Å². The molecule has 3 rings (SSSR count). The van der Waals surface area contributed by atoms with E-state index < -0.39 is 0 Å². The lowest BCUT2D eigenvalue weighted by Crippen LogP contribution is -2.25. The van der Waals surface area contributed by atoms with E-state index >= 15 is 0 Å². The van der Waals surface area contributed by atoms with Crippen molar-refractivity contribution >= 4 is 27.2 Å². The van der Waals surface area contributed by atoms with Crippen molar-refractivity contribution in [3.8, 4) is 0 Å². The zero-order valence-electron chi connectivity index (χ0n) is 15.8. The molecule has 1 aliphatic heterocycles. The van der Waals surface area contributed by atoms with E-state index in [2.05, 4.69) is 52.5 Å². The third kappa shape index (κ3) is 3.83. The van der Waals surface area contributed by atoms with Crippen LogP contribution in [0.5, 0.6) is 0 Å². The first-order chi connectivity index (χ1) is 12.5. The van der Waals surface area contributed by atoms with Crippen LogP contribution in [0.25, 0.3) is 11.3 Å². The molecule has 1 aliphatic rings. The average molecular weight is 414 g/mol. The summed E-state index contributed by atoms with van der Waals surface area (Å²) in [6, 6.07) is 15.2. The molecular formula is C23H25BrFN. The lowest BCUT2D eigenvalue weighted by molar-refractivity contribution is 0.516. The van der Waals surface area contributed by atoms with E-state index in [-0.39, 0.29) is 5.82 Å². The minimum Gasteiger partial charge on any atom is -0.341 e. The second-order valence-electron chi connectivity index (χ2n) is 5.74. The zero-order valence-corrected chi connectivity index (χ0v) is 17.4. The van der Waals surface area contributed by atoms with Gasteiger partial charge in [-0.05, 0) is 59.1 Å². The number of rotatable bonds is 3.